The van der Waals surface area contributed by atoms with Gasteiger partial charge in [-0.3, -0.25) is 14.3 Å². The molecule has 2 rings (SSSR count). The second-order valence-corrected chi connectivity index (χ2v) is 4.59. The molecule has 0 aliphatic carbocycles. The first-order valence-corrected chi connectivity index (χ1v) is 6.36. The third-order valence-electron chi connectivity index (χ3n) is 3.01. The highest BCUT2D eigenvalue weighted by atomic mass is 16.2. The van der Waals surface area contributed by atoms with Crippen LogP contribution in [0.3, 0.4) is 0 Å². The number of aromatic amines is 1. The number of nitrogens with zero attached hydrogens (tertiary/aromatic N) is 3. The Kier molecular flexibility index (Phi) is 3.97. The number of aromatic nitrogens is 4. The largest absolute Gasteiger partial charge is 0.345 e. The van der Waals surface area contributed by atoms with Gasteiger partial charge in [0.25, 0.3) is 11.5 Å². The molecular formula is C13H17N5O2. The van der Waals surface area contributed by atoms with Gasteiger partial charge in [0.2, 0.25) is 0 Å². The van der Waals surface area contributed by atoms with Gasteiger partial charge >= 0.3 is 0 Å². The molecule has 1 amide bonds. The third kappa shape index (κ3) is 2.93. The smallest absolute Gasteiger partial charge is 0.263 e. The number of hydrogen-bond acceptors (Lipinski definition) is 4. The standard InChI is InChI=1S/C13H17N5O2/c1-4-11(9-5-15-18(3)7-9)17-13(20)10-6-14-8(2)16-12(10)19/h5-7,11H,4H2,1-3H3,(H,17,20)(H,14,16,19)/t11-/m0/s1. The zero-order valence-electron chi connectivity index (χ0n) is 11.7. The molecule has 0 unspecified atom stereocenters. The SMILES string of the molecule is CC[C@H](NC(=O)c1cnc(C)[nH]c1=O)c1cnn(C)c1. The summed E-state index contributed by atoms with van der Waals surface area (Å²) in [5, 5.41) is 6.90. The predicted molar refractivity (Wildman–Crippen MR) is 73.3 cm³/mol. The van der Waals surface area contributed by atoms with Crippen molar-refractivity contribution in [2.24, 2.45) is 7.05 Å². The average Bonchev–Trinajstić information content (AvgIpc) is 2.82. The van der Waals surface area contributed by atoms with Crippen molar-refractivity contribution in [3.05, 3.63) is 45.9 Å². The number of aryl methyl sites for hydroxylation is 2. The van der Waals surface area contributed by atoms with E-state index in [1.807, 2.05) is 20.2 Å². The van der Waals surface area contributed by atoms with Crippen molar-refractivity contribution in [3.8, 4) is 0 Å². The van der Waals surface area contributed by atoms with Crippen molar-refractivity contribution in [1.82, 2.24) is 25.1 Å². The Hall–Kier alpha value is -2.44. The normalized spacial score (nSPS) is 12.2. The maximum Gasteiger partial charge on any atom is 0.263 e. The number of rotatable bonds is 4. The summed E-state index contributed by atoms with van der Waals surface area (Å²) >= 11 is 0. The lowest BCUT2D eigenvalue weighted by Crippen LogP contribution is -2.33. The minimum Gasteiger partial charge on any atom is -0.345 e. The van der Waals surface area contributed by atoms with Crippen molar-refractivity contribution < 1.29 is 4.79 Å². The van der Waals surface area contributed by atoms with Crippen LogP contribution in [0.5, 0.6) is 0 Å². The molecule has 2 aromatic heterocycles. The van der Waals surface area contributed by atoms with E-state index in [0.717, 1.165) is 5.56 Å². The van der Waals surface area contributed by atoms with Crippen molar-refractivity contribution in [3.63, 3.8) is 0 Å². The van der Waals surface area contributed by atoms with Gasteiger partial charge < -0.3 is 10.3 Å². The summed E-state index contributed by atoms with van der Waals surface area (Å²) in [5.74, 6) is 0.0419. The van der Waals surface area contributed by atoms with E-state index in [-0.39, 0.29) is 11.6 Å². The molecule has 7 nitrogen and oxygen atoms in total. The van der Waals surface area contributed by atoms with E-state index < -0.39 is 11.5 Å². The maximum atomic E-state index is 12.1. The molecule has 0 saturated heterocycles. The molecule has 0 aliphatic rings. The summed E-state index contributed by atoms with van der Waals surface area (Å²) in [6.07, 6.45) is 5.53. The van der Waals surface area contributed by atoms with Gasteiger partial charge in [0.15, 0.2) is 0 Å². The number of carbonyl (C=O) groups excluding carboxylic acids is 1. The molecule has 106 valence electrons. The summed E-state index contributed by atoms with van der Waals surface area (Å²) in [5.41, 5.74) is 0.480. The Morgan fingerprint density at radius 3 is 2.80 bits per heavy atom. The predicted octanol–water partition coefficient (Wildman–Crippen LogP) is 0.693. The molecule has 0 spiro atoms. The first-order valence-electron chi connectivity index (χ1n) is 6.36. The summed E-state index contributed by atoms with van der Waals surface area (Å²) in [7, 11) is 1.81. The summed E-state index contributed by atoms with van der Waals surface area (Å²) in [4.78, 5) is 30.3. The van der Waals surface area contributed by atoms with Crippen LogP contribution < -0.4 is 10.9 Å². The second kappa shape index (κ2) is 5.68. The summed E-state index contributed by atoms with van der Waals surface area (Å²) < 4.78 is 1.67. The molecule has 1 atom stereocenters. The Morgan fingerprint density at radius 2 is 2.25 bits per heavy atom. The van der Waals surface area contributed by atoms with Gasteiger partial charge in [-0.25, -0.2) is 4.98 Å². The molecular weight excluding hydrogens is 258 g/mol. The first kappa shape index (κ1) is 14.0. The van der Waals surface area contributed by atoms with Crippen LogP contribution in [0.25, 0.3) is 0 Å². The van der Waals surface area contributed by atoms with Crippen LogP contribution in [0, 0.1) is 6.92 Å². The van der Waals surface area contributed by atoms with E-state index in [4.69, 9.17) is 0 Å². The van der Waals surface area contributed by atoms with Crippen LogP contribution in [0.15, 0.2) is 23.4 Å². The molecule has 0 fully saturated rings. The minimum absolute atomic E-state index is 0.0120. The van der Waals surface area contributed by atoms with Gasteiger partial charge in [-0.15, -0.1) is 0 Å². The fraction of sp³-hybridized carbons (Fsp3) is 0.385. The fourth-order valence-electron chi connectivity index (χ4n) is 1.92. The van der Waals surface area contributed by atoms with Gasteiger partial charge in [-0.1, -0.05) is 6.92 Å². The van der Waals surface area contributed by atoms with Crippen LogP contribution in [0.1, 0.15) is 41.1 Å². The fourth-order valence-corrected chi connectivity index (χ4v) is 1.92. The summed E-state index contributed by atoms with van der Waals surface area (Å²) in [6, 6.07) is -0.183. The molecule has 20 heavy (non-hydrogen) atoms. The van der Waals surface area contributed by atoms with Crippen LogP contribution >= 0.6 is 0 Å². The highest BCUT2D eigenvalue weighted by Gasteiger charge is 2.17. The molecule has 0 bridgehead atoms. The van der Waals surface area contributed by atoms with Gasteiger partial charge in [0.1, 0.15) is 11.4 Å². The van der Waals surface area contributed by atoms with Crippen LogP contribution in [-0.4, -0.2) is 25.7 Å². The number of amides is 1. The molecule has 0 radical (unpaired) electrons. The van der Waals surface area contributed by atoms with E-state index in [9.17, 15) is 9.59 Å². The van der Waals surface area contributed by atoms with Gasteiger partial charge in [-0.05, 0) is 13.3 Å². The van der Waals surface area contributed by atoms with E-state index >= 15 is 0 Å². The Labute approximate surface area is 116 Å². The molecule has 2 heterocycles. The van der Waals surface area contributed by atoms with Crippen molar-refractivity contribution in [2.75, 3.05) is 0 Å². The number of carbonyl (C=O) groups is 1. The second-order valence-electron chi connectivity index (χ2n) is 4.59. The Morgan fingerprint density at radius 1 is 1.50 bits per heavy atom. The van der Waals surface area contributed by atoms with Gasteiger partial charge in [0, 0.05) is 25.0 Å². The third-order valence-corrected chi connectivity index (χ3v) is 3.01. The van der Waals surface area contributed by atoms with Crippen LogP contribution in [0.2, 0.25) is 0 Å². The molecule has 2 N–H and O–H groups in total. The lowest BCUT2D eigenvalue weighted by Gasteiger charge is -2.14. The van der Waals surface area contributed by atoms with E-state index in [1.165, 1.54) is 6.20 Å². The Balaban J connectivity index is 2.19. The zero-order chi connectivity index (χ0) is 14.7. The highest BCUT2D eigenvalue weighted by Crippen LogP contribution is 2.15. The van der Waals surface area contributed by atoms with Crippen LogP contribution in [-0.2, 0) is 7.05 Å². The minimum atomic E-state index is -0.436. The van der Waals surface area contributed by atoms with Crippen molar-refractivity contribution >= 4 is 5.91 Å². The quantitative estimate of drug-likeness (QED) is 0.858. The highest BCUT2D eigenvalue weighted by molar-refractivity contribution is 5.93. The molecule has 7 heteroatoms. The summed E-state index contributed by atoms with van der Waals surface area (Å²) in [6.45, 7) is 3.61. The van der Waals surface area contributed by atoms with Gasteiger partial charge in [0.05, 0.1) is 12.2 Å². The molecule has 0 aliphatic heterocycles. The van der Waals surface area contributed by atoms with Gasteiger partial charge in [-0.2, -0.15) is 5.10 Å². The zero-order valence-corrected chi connectivity index (χ0v) is 11.7. The average molecular weight is 275 g/mol. The number of hydrogen-bond donors (Lipinski definition) is 2. The van der Waals surface area contributed by atoms with Crippen molar-refractivity contribution in [1.29, 1.82) is 0 Å². The molecule has 0 saturated carbocycles. The number of nitrogens with one attached hydrogen (secondary N) is 2. The molecule has 0 aromatic carbocycles. The topological polar surface area (TPSA) is 92.7 Å². The van der Waals surface area contributed by atoms with Crippen LogP contribution in [0.4, 0.5) is 0 Å². The lowest BCUT2D eigenvalue weighted by molar-refractivity contribution is 0.0933. The Bertz CT molecular complexity index is 673. The number of H-pyrrole nitrogens is 1. The van der Waals surface area contributed by atoms with E-state index in [0.29, 0.717) is 12.2 Å². The maximum absolute atomic E-state index is 12.1. The van der Waals surface area contributed by atoms with E-state index in [2.05, 4.69) is 20.4 Å². The monoisotopic (exact) mass is 275 g/mol. The molecule has 2 aromatic rings. The van der Waals surface area contributed by atoms with Crippen molar-refractivity contribution in [2.45, 2.75) is 26.3 Å². The van der Waals surface area contributed by atoms with E-state index in [1.54, 1.807) is 17.8 Å². The lowest BCUT2D eigenvalue weighted by atomic mass is 10.1. The first-order chi connectivity index (χ1) is 9.51.